The molecule has 29 heavy (non-hydrogen) atoms. The van der Waals surface area contributed by atoms with Crippen LogP contribution in [0.2, 0.25) is 0 Å². The molecule has 0 aliphatic carbocycles. The molecule has 2 heterocycles. The molecular weight excluding hydrogens is 420 g/mol. The number of hydrogen-bond donors (Lipinski definition) is 1. The van der Waals surface area contributed by atoms with Gasteiger partial charge in [0.15, 0.2) is 37.0 Å². The minimum Gasteiger partial charge on any atom is -0.493 e. The molecule has 0 bridgehead atoms. The van der Waals surface area contributed by atoms with Crippen LogP contribution < -0.4 is 14.9 Å². The largest absolute Gasteiger partial charge is 0.493 e. The van der Waals surface area contributed by atoms with E-state index in [4.69, 9.17) is 9.47 Å². The standard InChI is InChI=1S/C18H26N2O7S2/c1-26-17-4-3-13(9-18(17)27-2)16(21)10-20(15-6-8-29(24,25)12-15)19-14-5-7-28(22,23)11-14/h3-4,9,14-15,19H,5-8,10-12H2,1-2H3/t14-,15+/m0/s1. The second kappa shape index (κ2) is 8.58. The molecule has 2 fully saturated rings. The lowest BCUT2D eigenvalue weighted by Gasteiger charge is -2.30. The highest BCUT2D eigenvalue weighted by Gasteiger charge is 2.36. The Balaban J connectivity index is 1.78. The fraction of sp³-hybridized carbons (Fsp3) is 0.611. The summed E-state index contributed by atoms with van der Waals surface area (Å²) in [5.74, 6) is 0.754. The van der Waals surface area contributed by atoms with Gasteiger partial charge in [0, 0.05) is 17.6 Å². The van der Waals surface area contributed by atoms with Crippen molar-refractivity contribution in [2.24, 2.45) is 0 Å². The van der Waals surface area contributed by atoms with Crippen LogP contribution in [0.25, 0.3) is 0 Å². The fourth-order valence-corrected chi connectivity index (χ4v) is 7.08. The Morgan fingerprint density at radius 1 is 1.03 bits per heavy atom. The van der Waals surface area contributed by atoms with Crippen molar-refractivity contribution >= 4 is 25.5 Å². The summed E-state index contributed by atoms with van der Waals surface area (Å²) >= 11 is 0. The van der Waals surface area contributed by atoms with Crippen molar-refractivity contribution in [1.29, 1.82) is 0 Å². The number of methoxy groups -OCH3 is 2. The zero-order valence-electron chi connectivity index (χ0n) is 16.5. The lowest BCUT2D eigenvalue weighted by Crippen LogP contribution is -2.53. The Kier molecular flexibility index (Phi) is 6.51. The van der Waals surface area contributed by atoms with Crippen LogP contribution in [-0.4, -0.2) is 83.5 Å². The first kappa shape index (κ1) is 22.0. The molecule has 0 amide bonds. The molecule has 1 aromatic rings. The van der Waals surface area contributed by atoms with E-state index in [-0.39, 0.29) is 47.4 Å². The summed E-state index contributed by atoms with van der Waals surface area (Å²) in [6, 6.07) is 4.11. The van der Waals surface area contributed by atoms with Crippen LogP contribution in [0.5, 0.6) is 11.5 Å². The zero-order valence-corrected chi connectivity index (χ0v) is 18.1. The number of nitrogens with zero attached hydrogens (tertiary/aromatic N) is 1. The molecule has 0 unspecified atom stereocenters. The molecule has 1 aromatic carbocycles. The second-order valence-electron chi connectivity index (χ2n) is 7.41. The lowest BCUT2D eigenvalue weighted by molar-refractivity contribution is 0.0768. The van der Waals surface area contributed by atoms with Crippen molar-refractivity contribution in [3.8, 4) is 11.5 Å². The molecule has 1 N–H and O–H groups in total. The predicted molar refractivity (Wildman–Crippen MR) is 108 cm³/mol. The highest BCUT2D eigenvalue weighted by atomic mass is 32.2. The van der Waals surface area contributed by atoms with E-state index in [9.17, 15) is 21.6 Å². The maximum Gasteiger partial charge on any atom is 0.178 e. The molecule has 2 aliphatic rings. The quantitative estimate of drug-likeness (QED) is 0.437. The highest BCUT2D eigenvalue weighted by molar-refractivity contribution is 7.91. The highest BCUT2D eigenvalue weighted by Crippen LogP contribution is 2.28. The molecule has 2 atom stereocenters. The number of nitrogens with one attached hydrogen (secondary N) is 1. The number of carbonyl (C=O) groups excluding carboxylic acids is 1. The number of carbonyl (C=O) groups is 1. The van der Waals surface area contributed by atoms with Crippen molar-refractivity contribution in [2.45, 2.75) is 24.9 Å². The van der Waals surface area contributed by atoms with Gasteiger partial charge in [0.1, 0.15) is 0 Å². The van der Waals surface area contributed by atoms with Gasteiger partial charge in [-0.25, -0.2) is 21.8 Å². The summed E-state index contributed by atoms with van der Waals surface area (Å²) in [6.45, 7) is -0.0772. The monoisotopic (exact) mass is 446 g/mol. The van der Waals surface area contributed by atoms with Gasteiger partial charge in [0.25, 0.3) is 0 Å². The fourth-order valence-electron chi connectivity index (χ4n) is 3.69. The third-order valence-electron chi connectivity index (χ3n) is 5.25. The van der Waals surface area contributed by atoms with Crippen LogP contribution >= 0.6 is 0 Å². The summed E-state index contributed by atoms with van der Waals surface area (Å²) < 4.78 is 57.8. The number of hydrazine groups is 1. The maximum atomic E-state index is 12.9. The third-order valence-corrected chi connectivity index (χ3v) is 8.77. The third kappa shape index (κ3) is 5.47. The van der Waals surface area contributed by atoms with Gasteiger partial charge in [-0.3, -0.25) is 10.2 Å². The molecule has 11 heteroatoms. The van der Waals surface area contributed by atoms with Crippen LogP contribution in [-0.2, 0) is 19.7 Å². The van der Waals surface area contributed by atoms with Gasteiger partial charge in [-0.05, 0) is 31.0 Å². The van der Waals surface area contributed by atoms with Gasteiger partial charge < -0.3 is 9.47 Å². The summed E-state index contributed by atoms with van der Waals surface area (Å²) in [7, 11) is -3.30. The number of ketones is 1. The van der Waals surface area contributed by atoms with Gasteiger partial charge in [-0.2, -0.15) is 0 Å². The molecule has 2 aliphatic heterocycles. The number of benzene rings is 1. The topological polar surface area (TPSA) is 119 Å². The Labute approximate surface area is 171 Å². The Morgan fingerprint density at radius 2 is 1.69 bits per heavy atom. The van der Waals surface area contributed by atoms with Crippen LogP contribution in [0.3, 0.4) is 0 Å². The zero-order chi connectivity index (χ0) is 21.2. The van der Waals surface area contributed by atoms with E-state index in [1.54, 1.807) is 23.2 Å². The van der Waals surface area contributed by atoms with Crippen LogP contribution in [0.15, 0.2) is 18.2 Å². The molecule has 0 saturated carbocycles. The van der Waals surface area contributed by atoms with Crippen molar-refractivity contribution < 1.29 is 31.1 Å². The molecule has 0 spiro atoms. The molecule has 2 saturated heterocycles. The van der Waals surface area contributed by atoms with E-state index in [1.807, 2.05) is 0 Å². The van der Waals surface area contributed by atoms with Crippen molar-refractivity contribution in [2.75, 3.05) is 43.8 Å². The van der Waals surface area contributed by atoms with Gasteiger partial charge in [0.2, 0.25) is 0 Å². The minimum atomic E-state index is -3.16. The Morgan fingerprint density at radius 3 is 2.24 bits per heavy atom. The molecule has 9 nitrogen and oxygen atoms in total. The van der Waals surface area contributed by atoms with Gasteiger partial charge >= 0.3 is 0 Å². The van der Waals surface area contributed by atoms with E-state index in [0.29, 0.717) is 29.9 Å². The van der Waals surface area contributed by atoms with Crippen LogP contribution in [0, 0.1) is 0 Å². The van der Waals surface area contributed by atoms with Crippen molar-refractivity contribution in [1.82, 2.24) is 10.4 Å². The molecular formula is C18H26N2O7S2. The predicted octanol–water partition coefficient (Wildman–Crippen LogP) is 0.0673. The van der Waals surface area contributed by atoms with Gasteiger partial charge in [0.05, 0.1) is 43.8 Å². The van der Waals surface area contributed by atoms with Crippen LogP contribution in [0.1, 0.15) is 23.2 Å². The normalized spacial score (nSPS) is 25.2. The molecule has 162 valence electrons. The van der Waals surface area contributed by atoms with E-state index in [2.05, 4.69) is 5.43 Å². The van der Waals surface area contributed by atoms with Crippen molar-refractivity contribution in [3.63, 3.8) is 0 Å². The Hall–Kier alpha value is -1.69. The first-order valence-corrected chi connectivity index (χ1v) is 13.0. The molecule has 0 radical (unpaired) electrons. The van der Waals surface area contributed by atoms with Crippen molar-refractivity contribution in [3.05, 3.63) is 23.8 Å². The summed E-state index contributed by atoms with van der Waals surface area (Å²) in [5, 5.41) is 1.61. The first-order chi connectivity index (χ1) is 13.6. The number of ether oxygens (including phenoxy) is 2. The number of sulfone groups is 2. The molecule has 0 aromatic heterocycles. The van der Waals surface area contributed by atoms with Crippen LogP contribution in [0.4, 0.5) is 0 Å². The van der Waals surface area contributed by atoms with E-state index >= 15 is 0 Å². The number of rotatable bonds is 8. The molecule has 3 rings (SSSR count). The Bertz CT molecular complexity index is 976. The van der Waals surface area contributed by atoms with E-state index < -0.39 is 19.7 Å². The SMILES string of the molecule is COc1ccc(C(=O)CN(N[C@H]2CCS(=O)(=O)C2)[C@@H]2CCS(=O)(=O)C2)cc1OC. The second-order valence-corrected chi connectivity index (χ2v) is 11.9. The average molecular weight is 447 g/mol. The number of hydrogen-bond acceptors (Lipinski definition) is 9. The maximum absolute atomic E-state index is 12.9. The summed E-state index contributed by atoms with van der Waals surface area (Å²) in [6.07, 6.45) is 0.830. The average Bonchev–Trinajstić information content (AvgIpc) is 3.21. The lowest BCUT2D eigenvalue weighted by atomic mass is 10.1. The van der Waals surface area contributed by atoms with E-state index in [0.717, 1.165) is 0 Å². The van der Waals surface area contributed by atoms with Gasteiger partial charge in [-0.15, -0.1) is 0 Å². The van der Waals surface area contributed by atoms with Gasteiger partial charge in [-0.1, -0.05) is 0 Å². The minimum absolute atomic E-state index is 0.0203. The smallest absolute Gasteiger partial charge is 0.178 e. The number of Topliss-reactive ketones (excluding diaryl/α,β-unsaturated/α-hetero) is 1. The first-order valence-electron chi connectivity index (χ1n) is 9.31. The van der Waals surface area contributed by atoms with E-state index in [1.165, 1.54) is 14.2 Å². The summed E-state index contributed by atoms with van der Waals surface area (Å²) in [4.78, 5) is 12.9. The summed E-state index contributed by atoms with van der Waals surface area (Å²) in [5.41, 5.74) is 3.51.